The minimum Gasteiger partial charge on any atom is -0.381 e. The maximum absolute atomic E-state index is 13.1. The van der Waals surface area contributed by atoms with Crippen molar-refractivity contribution in [2.24, 2.45) is 5.92 Å². The molecule has 2 amide bonds. The molecule has 2 heterocycles. The quantitative estimate of drug-likeness (QED) is 0.655. The topological polar surface area (TPSA) is 114 Å². The van der Waals surface area contributed by atoms with E-state index in [1.165, 1.54) is 25.4 Å². The summed E-state index contributed by atoms with van der Waals surface area (Å²) in [5, 5.41) is 5.57. The molecule has 1 aliphatic rings. The van der Waals surface area contributed by atoms with E-state index in [1.54, 1.807) is 12.1 Å². The molecule has 1 fully saturated rings. The standard InChI is InChI=1S/C20H23N3O5S2/c1-21-19(25)17-12-22-20(29-17)23-18(24)16(11-13-7-9-28-10-8-13)14-3-5-15(6-4-14)30(2,26)27/h3-6,11-13H,7-10H2,1-2H3,(H,21,25)(H,22,23,24)/b16-11+. The van der Waals surface area contributed by atoms with Crippen molar-refractivity contribution in [1.82, 2.24) is 10.3 Å². The minimum absolute atomic E-state index is 0.173. The van der Waals surface area contributed by atoms with Crippen LogP contribution >= 0.6 is 11.3 Å². The van der Waals surface area contributed by atoms with Crippen LogP contribution in [0.3, 0.4) is 0 Å². The van der Waals surface area contributed by atoms with E-state index in [2.05, 4.69) is 15.6 Å². The third-order valence-corrected chi connectivity index (χ3v) is 6.72. The van der Waals surface area contributed by atoms with Gasteiger partial charge < -0.3 is 10.1 Å². The molecule has 0 aliphatic carbocycles. The van der Waals surface area contributed by atoms with Crippen LogP contribution in [0.15, 0.2) is 41.4 Å². The molecule has 0 bridgehead atoms. The fourth-order valence-corrected chi connectivity index (χ4v) is 4.42. The number of rotatable bonds is 6. The molecule has 1 aliphatic heterocycles. The molecule has 160 valence electrons. The number of carbonyl (C=O) groups is 2. The zero-order valence-electron chi connectivity index (χ0n) is 16.7. The Hall–Kier alpha value is -2.56. The number of carbonyl (C=O) groups excluding carboxylic acids is 2. The van der Waals surface area contributed by atoms with Crippen molar-refractivity contribution in [2.45, 2.75) is 17.7 Å². The van der Waals surface area contributed by atoms with E-state index in [0.717, 1.165) is 30.4 Å². The van der Waals surface area contributed by atoms with Gasteiger partial charge in [0.2, 0.25) is 0 Å². The lowest BCUT2D eigenvalue weighted by atomic mass is 9.94. The third-order valence-electron chi connectivity index (χ3n) is 4.68. The summed E-state index contributed by atoms with van der Waals surface area (Å²) in [6, 6.07) is 6.23. The van der Waals surface area contributed by atoms with Crippen LogP contribution in [0.4, 0.5) is 5.13 Å². The van der Waals surface area contributed by atoms with Crippen molar-refractivity contribution in [2.75, 3.05) is 31.8 Å². The zero-order chi connectivity index (χ0) is 21.7. The summed E-state index contributed by atoms with van der Waals surface area (Å²) in [6.45, 7) is 1.26. The van der Waals surface area contributed by atoms with Gasteiger partial charge in [-0.3, -0.25) is 14.9 Å². The van der Waals surface area contributed by atoms with Gasteiger partial charge in [-0.25, -0.2) is 13.4 Å². The van der Waals surface area contributed by atoms with Gasteiger partial charge in [-0.2, -0.15) is 0 Å². The van der Waals surface area contributed by atoms with Crippen molar-refractivity contribution in [3.63, 3.8) is 0 Å². The third kappa shape index (κ3) is 5.53. The molecule has 1 saturated heterocycles. The highest BCUT2D eigenvalue weighted by atomic mass is 32.2. The monoisotopic (exact) mass is 449 g/mol. The van der Waals surface area contributed by atoms with E-state index >= 15 is 0 Å². The molecule has 0 radical (unpaired) electrons. The second-order valence-corrected chi connectivity index (χ2v) is 9.94. The number of hydrogen-bond acceptors (Lipinski definition) is 7. The number of nitrogens with zero attached hydrogens (tertiary/aromatic N) is 1. The number of thiazole rings is 1. The molecular formula is C20H23N3O5S2. The molecule has 0 spiro atoms. The zero-order valence-corrected chi connectivity index (χ0v) is 18.3. The number of allylic oxidation sites excluding steroid dienone is 1. The molecule has 2 aromatic rings. The molecule has 0 saturated carbocycles. The van der Waals surface area contributed by atoms with Crippen molar-refractivity contribution in [3.05, 3.63) is 47.0 Å². The van der Waals surface area contributed by atoms with Crippen molar-refractivity contribution in [3.8, 4) is 0 Å². The van der Waals surface area contributed by atoms with Gasteiger partial charge in [0.15, 0.2) is 15.0 Å². The average molecular weight is 450 g/mol. The van der Waals surface area contributed by atoms with Crippen LogP contribution in [0, 0.1) is 5.92 Å². The minimum atomic E-state index is -3.33. The highest BCUT2D eigenvalue weighted by molar-refractivity contribution is 7.90. The Morgan fingerprint density at radius 2 is 1.87 bits per heavy atom. The molecule has 10 heteroatoms. The Balaban J connectivity index is 1.89. The van der Waals surface area contributed by atoms with E-state index in [4.69, 9.17) is 4.74 Å². The number of sulfone groups is 1. The molecule has 3 rings (SSSR count). The lowest BCUT2D eigenvalue weighted by Crippen LogP contribution is -2.18. The van der Waals surface area contributed by atoms with Crippen LogP contribution in [0.1, 0.15) is 28.1 Å². The number of aromatic nitrogens is 1. The Bertz CT molecular complexity index is 1050. The fraction of sp³-hybridized carbons (Fsp3) is 0.350. The SMILES string of the molecule is CNC(=O)c1cnc(NC(=O)/C(=C/C2CCOCC2)c2ccc(S(C)(=O)=O)cc2)s1. The number of ether oxygens (including phenoxy) is 1. The maximum Gasteiger partial charge on any atom is 0.262 e. The van der Waals surface area contributed by atoms with E-state index in [-0.39, 0.29) is 22.6 Å². The van der Waals surface area contributed by atoms with Crippen LogP contribution in [-0.2, 0) is 19.4 Å². The molecule has 30 heavy (non-hydrogen) atoms. The first-order valence-electron chi connectivity index (χ1n) is 9.37. The predicted octanol–water partition coefficient (Wildman–Crippen LogP) is 2.35. The highest BCUT2D eigenvalue weighted by Crippen LogP contribution is 2.26. The first-order chi connectivity index (χ1) is 14.3. The first-order valence-corrected chi connectivity index (χ1v) is 12.1. The number of hydrogen-bond donors (Lipinski definition) is 2. The Morgan fingerprint density at radius 1 is 1.20 bits per heavy atom. The second-order valence-electron chi connectivity index (χ2n) is 6.89. The second kappa shape index (κ2) is 9.50. The Morgan fingerprint density at radius 3 is 2.47 bits per heavy atom. The van der Waals surface area contributed by atoms with Gasteiger partial charge in [-0.05, 0) is 36.5 Å². The Kier molecular flexibility index (Phi) is 7.01. The van der Waals surface area contributed by atoms with Crippen molar-refractivity contribution < 1.29 is 22.7 Å². The lowest BCUT2D eigenvalue weighted by molar-refractivity contribution is -0.111. The highest BCUT2D eigenvalue weighted by Gasteiger charge is 2.20. The predicted molar refractivity (Wildman–Crippen MR) is 115 cm³/mol. The summed E-state index contributed by atoms with van der Waals surface area (Å²) < 4.78 is 28.9. The van der Waals surface area contributed by atoms with Crippen molar-refractivity contribution >= 4 is 43.7 Å². The van der Waals surface area contributed by atoms with Crippen molar-refractivity contribution in [1.29, 1.82) is 0 Å². The summed E-state index contributed by atoms with van der Waals surface area (Å²) >= 11 is 1.08. The fourth-order valence-electron chi connectivity index (χ4n) is 3.03. The molecule has 1 aromatic carbocycles. The van der Waals surface area contributed by atoms with Crippen LogP contribution in [0.25, 0.3) is 5.57 Å². The summed E-state index contributed by atoms with van der Waals surface area (Å²) in [5.74, 6) is -0.472. The van der Waals surface area contributed by atoms with Gasteiger partial charge in [0.05, 0.1) is 11.1 Å². The van der Waals surface area contributed by atoms with Gasteiger partial charge in [0, 0.05) is 32.1 Å². The van der Waals surface area contributed by atoms with Gasteiger partial charge in [0.1, 0.15) is 4.88 Å². The van der Waals surface area contributed by atoms with Crippen LogP contribution in [0.5, 0.6) is 0 Å². The van der Waals surface area contributed by atoms with Gasteiger partial charge in [-0.1, -0.05) is 29.5 Å². The maximum atomic E-state index is 13.1. The summed E-state index contributed by atoms with van der Waals surface area (Å²) in [5.41, 5.74) is 1.04. The molecule has 1 aromatic heterocycles. The number of benzene rings is 1. The van der Waals surface area contributed by atoms with E-state index in [1.807, 2.05) is 6.08 Å². The largest absolute Gasteiger partial charge is 0.381 e. The molecule has 0 unspecified atom stereocenters. The first kappa shape index (κ1) is 22.1. The number of anilines is 1. The Labute approximate surface area is 179 Å². The summed E-state index contributed by atoms with van der Waals surface area (Å²) in [4.78, 5) is 29.4. The molecule has 2 N–H and O–H groups in total. The molecule has 8 nitrogen and oxygen atoms in total. The number of amides is 2. The smallest absolute Gasteiger partial charge is 0.262 e. The van der Waals surface area contributed by atoms with E-state index in [0.29, 0.717) is 34.4 Å². The van der Waals surface area contributed by atoms with Crippen LogP contribution in [0.2, 0.25) is 0 Å². The lowest BCUT2D eigenvalue weighted by Gasteiger charge is -2.20. The van der Waals surface area contributed by atoms with Gasteiger partial charge in [0.25, 0.3) is 11.8 Å². The molecule has 0 atom stereocenters. The summed E-state index contributed by atoms with van der Waals surface area (Å²) in [7, 11) is -1.81. The summed E-state index contributed by atoms with van der Waals surface area (Å²) in [6.07, 6.45) is 6.05. The normalized spacial score (nSPS) is 15.6. The van der Waals surface area contributed by atoms with Crippen LogP contribution in [-0.4, -0.2) is 51.7 Å². The molecular weight excluding hydrogens is 426 g/mol. The van der Waals surface area contributed by atoms with Gasteiger partial charge >= 0.3 is 0 Å². The number of nitrogens with one attached hydrogen (secondary N) is 2. The van der Waals surface area contributed by atoms with Crippen LogP contribution < -0.4 is 10.6 Å². The van der Waals surface area contributed by atoms with E-state index < -0.39 is 9.84 Å². The van der Waals surface area contributed by atoms with E-state index in [9.17, 15) is 18.0 Å². The van der Waals surface area contributed by atoms with Gasteiger partial charge in [-0.15, -0.1) is 0 Å². The average Bonchev–Trinajstić information content (AvgIpc) is 3.20.